The number of carbonyl (C=O) groups excluding carboxylic acids is 2. The lowest BCUT2D eigenvalue weighted by atomic mass is 9.85. The lowest BCUT2D eigenvalue weighted by Crippen LogP contribution is -2.64. The van der Waals surface area contributed by atoms with Crippen LogP contribution in [0.2, 0.25) is 0 Å². The topological polar surface area (TPSA) is 276 Å². The van der Waals surface area contributed by atoms with Crippen molar-refractivity contribution in [2.45, 2.75) is 223 Å². The number of rotatable bonds is 40. The van der Waals surface area contributed by atoms with E-state index >= 15 is 0 Å². The van der Waals surface area contributed by atoms with Gasteiger partial charge in [-0.1, -0.05) is 165 Å². The number of unbranched alkanes of at least 4 members (excludes halogenated alkanes) is 18. The first-order valence-corrected chi connectivity index (χ1v) is 27.3. The molecule has 9 atom stereocenters. The van der Waals surface area contributed by atoms with Crippen LogP contribution in [0.3, 0.4) is 0 Å². The molecule has 0 spiro atoms. The fraction of sp³-hybridized carbons (Fsp3) is 0.787. The molecular formula is C47H84O17P2. The second-order valence-corrected chi connectivity index (χ2v) is 19.6. The molecule has 384 valence electrons. The first-order chi connectivity index (χ1) is 31.5. The molecule has 1 saturated carbocycles. The van der Waals surface area contributed by atoms with Crippen molar-refractivity contribution in [3.8, 4) is 0 Å². The van der Waals surface area contributed by atoms with E-state index in [-0.39, 0.29) is 12.8 Å². The summed E-state index contributed by atoms with van der Waals surface area (Å²) in [6, 6.07) is 0. The Bertz CT molecular complexity index is 1480. The third kappa shape index (κ3) is 31.9. The average Bonchev–Trinajstić information content (AvgIpc) is 3.27. The highest BCUT2D eigenvalue weighted by Gasteiger charge is 2.54. The summed E-state index contributed by atoms with van der Waals surface area (Å²) in [6.45, 7) is 2.96. The van der Waals surface area contributed by atoms with Crippen molar-refractivity contribution in [1.29, 1.82) is 0 Å². The fourth-order valence-corrected chi connectivity index (χ4v) is 8.70. The van der Waals surface area contributed by atoms with E-state index in [0.717, 1.165) is 38.5 Å². The van der Waals surface area contributed by atoms with E-state index in [2.05, 4.69) is 30.5 Å². The highest BCUT2D eigenvalue weighted by atomic mass is 31.2. The molecule has 66 heavy (non-hydrogen) atoms. The summed E-state index contributed by atoms with van der Waals surface area (Å²) >= 11 is 0. The third-order valence-electron chi connectivity index (χ3n) is 11.0. The summed E-state index contributed by atoms with van der Waals surface area (Å²) < 4.78 is 49.3. The Morgan fingerprint density at radius 3 is 1.67 bits per heavy atom. The summed E-state index contributed by atoms with van der Waals surface area (Å²) in [4.78, 5) is 54.3. The predicted molar refractivity (Wildman–Crippen MR) is 252 cm³/mol. The molecule has 19 heteroatoms. The number of aliphatic hydroxyl groups excluding tert-OH is 5. The maximum atomic E-state index is 13.0. The normalized spacial score (nSPS) is 22.4. The summed E-state index contributed by atoms with van der Waals surface area (Å²) in [7, 11) is -10.7. The molecule has 17 nitrogen and oxygen atoms in total. The average molecular weight is 983 g/mol. The Labute approximate surface area is 393 Å². The molecule has 0 aromatic heterocycles. The molecule has 1 aliphatic rings. The van der Waals surface area contributed by atoms with Gasteiger partial charge in [0.05, 0.1) is 12.7 Å². The van der Waals surface area contributed by atoms with E-state index in [1.54, 1.807) is 18.2 Å². The maximum Gasteiger partial charge on any atom is 0.472 e. The van der Waals surface area contributed by atoms with E-state index in [1.165, 1.54) is 83.5 Å². The molecule has 8 N–H and O–H groups in total. The lowest BCUT2D eigenvalue weighted by Gasteiger charge is -2.43. The van der Waals surface area contributed by atoms with Crippen molar-refractivity contribution in [3.63, 3.8) is 0 Å². The van der Waals surface area contributed by atoms with Crippen LogP contribution < -0.4 is 0 Å². The highest BCUT2D eigenvalue weighted by Crippen LogP contribution is 2.49. The minimum absolute atomic E-state index is 0.0136. The van der Waals surface area contributed by atoms with Gasteiger partial charge >= 0.3 is 27.6 Å². The molecule has 0 bridgehead atoms. The monoisotopic (exact) mass is 983 g/mol. The van der Waals surface area contributed by atoms with Gasteiger partial charge in [-0.25, -0.2) is 9.13 Å². The molecule has 1 rings (SSSR count). The quantitative estimate of drug-likeness (QED) is 0.00943. The standard InChI is InChI=1S/C47H84O17P2/c1-3-5-7-9-11-13-14-15-16-17-18-20-22-26-31-35-41(50)62-39(37-61-66(58,59)64-47-44(53)42(51)43(52)46(45(47)54)63-65(55,56)57)36-60-40(49)34-30-27-23-25-29-33-38(48)32-28-24-21-19-12-10-8-6-4-2/h12,19,23-25,28-29,33,38-39,42-48,51-54H,3-11,13-18,20-22,26-27,30-32,34-37H2,1-2H3,(H,58,59)(H2,55,56,57)/b19-12-,25-23+,28-24-,33-29-/t38?,39-,42?,43?,44?,45?,46-,47+/m1/s1. The van der Waals surface area contributed by atoms with Crippen molar-refractivity contribution < 1.29 is 82.0 Å². The Morgan fingerprint density at radius 1 is 0.561 bits per heavy atom. The maximum absolute atomic E-state index is 13.0. The molecule has 0 amide bonds. The van der Waals surface area contributed by atoms with Crippen molar-refractivity contribution in [1.82, 2.24) is 0 Å². The summed E-state index contributed by atoms with van der Waals surface area (Å²) in [5.74, 6) is -1.33. The van der Waals surface area contributed by atoms with Gasteiger partial charge in [-0.15, -0.1) is 0 Å². The molecule has 1 fully saturated rings. The van der Waals surface area contributed by atoms with Crippen molar-refractivity contribution >= 4 is 27.6 Å². The summed E-state index contributed by atoms with van der Waals surface area (Å²) in [5, 5.41) is 51.4. The third-order valence-corrected chi connectivity index (χ3v) is 12.5. The van der Waals surface area contributed by atoms with Crippen molar-refractivity contribution in [2.75, 3.05) is 13.2 Å². The van der Waals surface area contributed by atoms with Gasteiger partial charge in [0.25, 0.3) is 0 Å². The predicted octanol–water partition coefficient (Wildman–Crippen LogP) is 8.26. The van der Waals surface area contributed by atoms with Crippen LogP contribution in [-0.4, -0.2) is 114 Å². The second kappa shape index (κ2) is 37.8. The first kappa shape index (κ1) is 61.9. The van der Waals surface area contributed by atoms with Crippen LogP contribution in [0.4, 0.5) is 0 Å². The first-order valence-electron chi connectivity index (χ1n) is 24.3. The Hall–Kier alpha value is -2.08. The molecule has 0 radical (unpaired) electrons. The minimum atomic E-state index is -5.38. The fourth-order valence-electron chi connectivity index (χ4n) is 7.16. The Morgan fingerprint density at radius 2 is 1.08 bits per heavy atom. The largest absolute Gasteiger partial charge is 0.472 e. The van der Waals surface area contributed by atoms with Crippen LogP contribution >= 0.6 is 15.6 Å². The number of ether oxygens (including phenoxy) is 2. The van der Waals surface area contributed by atoms with Gasteiger partial charge in [-0.05, 0) is 44.9 Å². The number of phosphoric acid groups is 2. The zero-order chi connectivity index (χ0) is 49.1. The molecule has 1 aliphatic carbocycles. The Kier molecular flexibility index (Phi) is 35.4. The van der Waals surface area contributed by atoms with Crippen LogP contribution in [0.5, 0.6) is 0 Å². The number of phosphoric ester groups is 2. The number of hydrogen-bond donors (Lipinski definition) is 8. The van der Waals surface area contributed by atoms with Gasteiger partial charge < -0.3 is 49.7 Å². The molecule has 0 aliphatic heterocycles. The molecule has 0 aromatic rings. The van der Waals surface area contributed by atoms with Crippen LogP contribution in [0.25, 0.3) is 0 Å². The molecular weight excluding hydrogens is 898 g/mol. The number of aliphatic hydroxyl groups is 5. The van der Waals surface area contributed by atoms with E-state index in [4.69, 9.17) is 18.5 Å². The van der Waals surface area contributed by atoms with Gasteiger partial charge in [-0.2, -0.15) is 0 Å². The van der Waals surface area contributed by atoms with E-state index in [0.29, 0.717) is 25.7 Å². The van der Waals surface area contributed by atoms with E-state index in [9.17, 15) is 58.9 Å². The molecule has 0 saturated heterocycles. The number of carbonyl (C=O) groups is 2. The van der Waals surface area contributed by atoms with Gasteiger partial charge in [-0.3, -0.25) is 23.2 Å². The van der Waals surface area contributed by atoms with Gasteiger partial charge in [0, 0.05) is 12.8 Å². The van der Waals surface area contributed by atoms with Gasteiger partial charge in [0.1, 0.15) is 43.2 Å². The van der Waals surface area contributed by atoms with E-state index in [1.807, 2.05) is 18.2 Å². The van der Waals surface area contributed by atoms with Gasteiger partial charge in [0.2, 0.25) is 0 Å². The summed E-state index contributed by atoms with van der Waals surface area (Å²) in [5.41, 5.74) is 0. The number of hydrogen-bond acceptors (Lipinski definition) is 14. The van der Waals surface area contributed by atoms with Crippen LogP contribution in [0, 0.1) is 0 Å². The van der Waals surface area contributed by atoms with Gasteiger partial charge in [0.15, 0.2) is 6.10 Å². The minimum Gasteiger partial charge on any atom is -0.462 e. The Balaban J connectivity index is 2.65. The zero-order valence-corrected chi connectivity index (χ0v) is 41.3. The SMILES string of the molecule is CCCCC/C=C\C/C=C\CC(O)/C=C\C=C\CCCC(=O)OC[C@H](COP(=O)(O)O[C@H]1C(O)C(O)C(O)[C@@H](OP(=O)(O)O)C1O)OC(=O)CCCCCCCCCCCCCCCCC. The summed E-state index contributed by atoms with van der Waals surface area (Å²) in [6.07, 6.45) is 23.7. The van der Waals surface area contributed by atoms with Crippen molar-refractivity contribution in [2.24, 2.45) is 0 Å². The molecule has 6 unspecified atom stereocenters. The number of allylic oxidation sites excluding steroid dienone is 6. The zero-order valence-electron chi connectivity index (χ0n) is 39.5. The molecule has 0 heterocycles. The van der Waals surface area contributed by atoms with Crippen molar-refractivity contribution in [3.05, 3.63) is 48.6 Å². The highest BCUT2D eigenvalue weighted by molar-refractivity contribution is 7.47. The van der Waals surface area contributed by atoms with Crippen LogP contribution in [-0.2, 0) is 41.8 Å². The smallest absolute Gasteiger partial charge is 0.462 e. The van der Waals surface area contributed by atoms with Crippen LogP contribution in [0.15, 0.2) is 48.6 Å². The molecule has 0 aromatic carbocycles. The lowest BCUT2D eigenvalue weighted by molar-refractivity contribution is -0.216. The van der Waals surface area contributed by atoms with Crippen LogP contribution in [0.1, 0.15) is 174 Å². The number of esters is 2. The van der Waals surface area contributed by atoms with E-state index < -0.39 is 89.6 Å². The second-order valence-electron chi connectivity index (χ2n) is 17.0.